The van der Waals surface area contributed by atoms with Crippen molar-refractivity contribution in [2.24, 2.45) is 0 Å². The van der Waals surface area contributed by atoms with E-state index < -0.39 is 21.5 Å². The Hall–Kier alpha value is 0.870. The van der Waals surface area contributed by atoms with Gasteiger partial charge >= 0.3 is 29.6 Å². The van der Waals surface area contributed by atoms with Crippen LogP contribution in [-0.4, -0.2) is 29.4 Å². The van der Waals surface area contributed by atoms with Crippen LogP contribution in [0.1, 0.15) is 129 Å². The Morgan fingerprint density at radius 2 is 0.964 bits per heavy atom. The van der Waals surface area contributed by atoms with E-state index in [0.29, 0.717) is 12.8 Å². The molecule has 0 saturated carbocycles. The number of hydrogen-bond donors (Lipinski definition) is 1. The second-order valence-electron chi connectivity index (χ2n) is 8.13. The standard InChI is InChI=1S/C22H46O4S.Na/c1-3-5-7-9-11-12-13-14-16-18-20-22(27(24,25)26)21(23)19-17-15-10-8-6-4-2;/h21-23H,3-20H2,1-2H3,(H,24,25,26);/q;+1/p-1. The minimum atomic E-state index is -4.43. The molecule has 0 aromatic rings. The molecular formula is C22H45NaO4S. The minimum Gasteiger partial charge on any atom is -0.748 e. The smallest absolute Gasteiger partial charge is 0.748 e. The van der Waals surface area contributed by atoms with Crippen molar-refractivity contribution in [3.8, 4) is 0 Å². The van der Waals surface area contributed by atoms with E-state index in [9.17, 15) is 18.1 Å². The maximum absolute atomic E-state index is 11.5. The van der Waals surface area contributed by atoms with Crippen molar-refractivity contribution in [3.05, 3.63) is 0 Å². The Labute approximate surface area is 197 Å². The molecule has 0 rings (SSSR count). The zero-order valence-corrected chi connectivity index (χ0v) is 21.8. The van der Waals surface area contributed by atoms with Crippen molar-refractivity contribution in [2.45, 2.75) is 141 Å². The third-order valence-corrected chi connectivity index (χ3v) is 6.79. The molecular weight excluding hydrogens is 383 g/mol. The van der Waals surface area contributed by atoms with Crippen LogP contribution in [0.4, 0.5) is 0 Å². The summed E-state index contributed by atoms with van der Waals surface area (Å²) in [6, 6.07) is 0. The van der Waals surface area contributed by atoms with Crippen LogP contribution in [0.15, 0.2) is 0 Å². The van der Waals surface area contributed by atoms with Crippen LogP contribution in [0.2, 0.25) is 0 Å². The van der Waals surface area contributed by atoms with Gasteiger partial charge in [0.25, 0.3) is 0 Å². The van der Waals surface area contributed by atoms with E-state index in [2.05, 4.69) is 13.8 Å². The van der Waals surface area contributed by atoms with Gasteiger partial charge in [-0.1, -0.05) is 117 Å². The van der Waals surface area contributed by atoms with Crippen LogP contribution >= 0.6 is 0 Å². The van der Waals surface area contributed by atoms with E-state index in [1.54, 1.807) is 0 Å². The molecule has 1 N–H and O–H groups in total. The van der Waals surface area contributed by atoms with Crippen molar-refractivity contribution < 1.29 is 47.6 Å². The molecule has 0 fully saturated rings. The fraction of sp³-hybridized carbons (Fsp3) is 1.00. The topological polar surface area (TPSA) is 77.4 Å². The summed E-state index contributed by atoms with van der Waals surface area (Å²) >= 11 is 0. The van der Waals surface area contributed by atoms with Gasteiger partial charge in [-0.15, -0.1) is 0 Å². The molecule has 0 aliphatic rings. The zero-order chi connectivity index (χ0) is 20.4. The second-order valence-corrected chi connectivity index (χ2v) is 9.72. The quantitative estimate of drug-likeness (QED) is 0.183. The number of unbranched alkanes of at least 4 members (excludes halogenated alkanes) is 14. The molecule has 4 nitrogen and oxygen atoms in total. The molecule has 2 unspecified atom stereocenters. The van der Waals surface area contributed by atoms with Gasteiger partial charge in [-0.2, -0.15) is 0 Å². The van der Waals surface area contributed by atoms with Gasteiger partial charge < -0.3 is 9.66 Å². The molecule has 164 valence electrons. The fourth-order valence-electron chi connectivity index (χ4n) is 3.68. The number of aliphatic hydroxyl groups is 1. The largest absolute Gasteiger partial charge is 1.00 e. The third kappa shape index (κ3) is 18.9. The van der Waals surface area contributed by atoms with E-state index in [4.69, 9.17) is 0 Å². The minimum absolute atomic E-state index is 0. The SMILES string of the molecule is CCCCCCCCCCCCC(C(O)CCCCCCCC)S(=O)(=O)[O-].[Na+]. The molecule has 0 amide bonds. The van der Waals surface area contributed by atoms with Crippen LogP contribution in [0.5, 0.6) is 0 Å². The predicted molar refractivity (Wildman–Crippen MR) is 114 cm³/mol. The van der Waals surface area contributed by atoms with Crippen LogP contribution in [-0.2, 0) is 10.1 Å². The molecule has 28 heavy (non-hydrogen) atoms. The molecule has 0 aliphatic carbocycles. The Kier molecular flexibility index (Phi) is 23.4. The first-order valence-corrected chi connectivity index (χ1v) is 13.0. The Bertz CT molecular complexity index is 415. The zero-order valence-electron chi connectivity index (χ0n) is 19.0. The molecule has 0 aromatic heterocycles. The molecule has 0 aromatic carbocycles. The number of aliphatic hydroxyl groups excluding tert-OH is 1. The molecule has 0 bridgehead atoms. The Balaban J connectivity index is 0. The first kappa shape index (κ1) is 31.1. The van der Waals surface area contributed by atoms with Crippen LogP contribution in [0.25, 0.3) is 0 Å². The maximum Gasteiger partial charge on any atom is 1.00 e. The van der Waals surface area contributed by atoms with Crippen molar-refractivity contribution in [1.29, 1.82) is 0 Å². The van der Waals surface area contributed by atoms with Crippen molar-refractivity contribution in [3.63, 3.8) is 0 Å². The predicted octanol–water partition coefficient (Wildman–Crippen LogP) is 3.33. The summed E-state index contributed by atoms with van der Waals surface area (Å²) in [5.74, 6) is 0. The maximum atomic E-state index is 11.5. The van der Waals surface area contributed by atoms with Gasteiger partial charge in [0.1, 0.15) is 10.1 Å². The van der Waals surface area contributed by atoms with Gasteiger partial charge in [-0.05, 0) is 12.8 Å². The summed E-state index contributed by atoms with van der Waals surface area (Å²) in [6.45, 7) is 4.39. The average Bonchev–Trinajstić information content (AvgIpc) is 2.61. The molecule has 6 heteroatoms. The van der Waals surface area contributed by atoms with E-state index in [0.717, 1.165) is 38.5 Å². The molecule has 0 spiro atoms. The van der Waals surface area contributed by atoms with Crippen LogP contribution < -0.4 is 29.6 Å². The summed E-state index contributed by atoms with van der Waals surface area (Å²) < 4.78 is 34.6. The van der Waals surface area contributed by atoms with Gasteiger partial charge in [-0.25, -0.2) is 8.42 Å². The Morgan fingerprint density at radius 3 is 1.32 bits per heavy atom. The van der Waals surface area contributed by atoms with Gasteiger partial charge in [0.05, 0.1) is 11.4 Å². The number of hydrogen-bond acceptors (Lipinski definition) is 4. The Morgan fingerprint density at radius 1 is 0.643 bits per heavy atom. The van der Waals surface area contributed by atoms with Crippen LogP contribution in [0, 0.1) is 0 Å². The van der Waals surface area contributed by atoms with E-state index in [-0.39, 0.29) is 29.6 Å². The first-order valence-electron chi connectivity index (χ1n) is 11.6. The molecule has 2 atom stereocenters. The van der Waals surface area contributed by atoms with Crippen LogP contribution in [0.3, 0.4) is 0 Å². The summed E-state index contributed by atoms with van der Waals surface area (Å²) in [6.07, 6.45) is 18.0. The molecule has 0 radical (unpaired) electrons. The fourth-order valence-corrected chi connectivity index (χ4v) is 4.66. The third-order valence-electron chi connectivity index (χ3n) is 5.50. The second kappa shape index (κ2) is 21.1. The summed E-state index contributed by atoms with van der Waals surface area (Å²) in [4.78, 5) is 0. The van der Waals surface area contributed by atoms with Crippen molar-refractivity contribution in [1.82, 2.24) is 0 Å². The molecule has 0 saturated heterocycles. The van der Waals surface area contributed by atoms with Crippen molar-refractivity contribution >= 4 is 10.1 Å². The van der Waals surface area contributed by atoms with Gasteiger partial charge in [0.15, 0.2) is 0 Å². The number of rotatable bonds is 20. The average molecular weight is 429 g/mol. The first-order chi connectivity index (χ1) is 12.9. The van der Waals surface area contributed by atoms with Crippen molar-refractivity contribution in [2.75, 3.05) is 0 Å². The summed E-state index contributed by atoms with van der Waals surface area (Å²) in [5.41, 5.74) is 0. The van der Waals surface area contributed by atoms with E-state index >= 15 is 0 Å². The van der Waals surface area contributed by atoms with Gasteiger partial charge in [0.2, 0.25) is 0 Å². The van der Waals surface area contributed by atoms with Gasteiger partial charge in [-0.3, -0.25) is 0 Å². The normalized spacial score (nSPS) is 13.9. The summed E-state index contributed by atoms with van der Waals surface area (Å²) in [7, 11) is -4.43. The van der Waals surface area contributed by atoms with E-state index in [1.165, 1.54) is 64.2 Å². The van der Waals surface area contributed by atoms with Gasteiger partial charge in [0, 0.05) is 0 Å². The summed E-state index contributed by atoms with van der Waals surface area (Å²) in [5, 5.41) is 9.09. The monoisotopic (exact) mass is 428 g/mol. The van der Waals surface area contributed by atoms with E-state index in [1.807, 2.05) is 0 Å². The molecule has 0 heterocycles. The molecule has 0 aliphatic heterocycles.